The molecule has 0 aliphatic rings. The number of hydrogen-bond donors (Lipinski definition) is 1. The van der Waals surface area contributed by atoms with E-state index in [0.717, 1.165) is 38.6 Å². The number of rotatable bonds is 9. The standard InChI is InChI=1S/C33H33N3O2/c1-36(2)20-18-33(37,30-17-9-14-24-11-7-8-16-28(24)30)31(25-12-5-4-6-13-25)29-21-27(23-35-32(29)38-3)26-15-10-19-34-22-26/h4-17,19,21-23,31,37H,18,20H2,1-3H3. The molecule has 0 aliphatic carbocycles. The lowest BCUT2D eigenvalue weighted by molar-refractivity contribution is 0.00517. The number of aromatic nitrogens is 2. The Balaban J connectivity index is 1.81. The van der Waals surface area contributed by atoms with Crippen molar-refractivity contribution in [3.63, 3.8) is 0 Å². The van der Waals surface area contributed by atoms with Crippen LogP contribution in [-0.4, -0.2) is 47.7 Å². The van der Waals surface area contributed by atoms with Gasteiger partial charge in [-0.25, -0.2) is 4.98 Å². The summed E-state index contributed by atoms with van der Waals surface area (Å²) in [6, 6.07) is 30.6. The van der Waals surface area contributed by atoms with Crippen molar-refractivity contribution in [1.29, 1.82) is 0 Å². The van der Waals surface area contributed by atoms with Gasteiger partial charge in [-0.2, -0.15) is 0 Å². The highest BCUT2D eigenvalue weighted by Gasteiger charge is 2.43. The van der Waals surface area contributed by atoms with Crippen molar-refractivity contribution in [3.8, 4) is 17.0 Å². The zero-order chi connectivity index (χ0) is 26.5. The van der Waals surface area contributed by atoms with Crippen molar-refractivity contribution in [3.05, 3.63) is 126 Å². The van der Waals surface area contributed by atoms with Crippen LogP contribution in [0.4, 0.5) is 0 Å². The first kappa shape index (κ1) is 25.6. The van der Waals surface area contributed by atoms with Crippen molar-refractivity contribution in [2.75, 3.05) is 27.7 Å². The predicted molar refractivity (Wildman–Crippen MR) is 153 cm³/mol. The molecule has 5 aromatic rings. The maximum Gasteiger partial charge on any atom is 0.217 e. The third-order valence-electron chi connectivity index (χ3n) is 7.18. The molecular formula is C33H33N3O2. The Labute approximate surface area is 224 Å². The molecule has 2 aromatic heterocycles. The van der Waals surface area contributed by atoms with Crippen LogP contribution >= 0.6 is 0 Å². The van der Waals surface area contributed by atoms with Crippen LogP contribution in [0.1, 0.15) is 29.0 Å². The maximum absolute atomic E-state index is 13.1. The molecule has 2 unspecified atom stereocenters. The fourth-order valence-electron chi connectivity index (χ4n) is 5.33. The van der Waals surface area contributed by atoms with Crippen LogP contribution in [0.3, 0.4) is 0 Å². The number of hydrogen-bond acceptors (Lipinski definition) is 5. The first-order valence-corrected chi connectivity index (χ1v) is 12.9. The summed E-state index contributed by atoms with van der Waals surface area (Å²) in [4.78, 5) is 11.1. The number of methoxy groups -OCH3 is 1. The molecule has 0 fully saturated rings. The van der Waals surface area contributed by atoms with Gasteiger partial charge < -0.3 is 14.7 Å². The van der Waals surface area contributed by atoms with E-state index in [9.17, 15) is 5.11 Å². The molecule has 5 rings (SSSR count). The van der Waals surface area contributed by atoms with Gasteiger partial charge in [-0.3, -0.25) is 4.98 Å². The third-order valence-corrected chi connectivity index (χ3v) is 7.18. The van der Waals surface area contributed by atoms with E-state index in [1.165, 1.54) is 0 Å². The largest absolute Gasteiger partial charge is 0.481 e. The second kappa shape index (κ2) is 11.1. The van der Waals surface area contributed by atoms with Gasteiger partial charge in [0.15, 0.2) is 0 Å². The number of ether oxygens (including phenoxy) is 1. The minimum Gasteiger partial charge on any atom is -0.481 e. The Hall–Kier alpha value is -4.06. The summed E-state index contributed by atoms with van der Waals surface area (Å²) in [5, 5.41) is 15.2. The van der Waals surface area contributed by atoms with Crippen LogP contribution in [0.2, 0.25) is 0 Å². The maximum atomic E-state index is 13.1. The fourth-order valence-corrected chi connectivity index (χ4v) is 5.33. The van der Waals surface area contributed by atoms with Gasteiger partial charge in [0.1, 0.15) is 5.60 Å². The van der Waals surface area contributed by atoms with Crippen LogP contribution in [0.25, 0.3) is 21.9 Å². The van der Waals surface area contributed by atoms with Gasteiger partial charge in [0.05, 0.1) is 7.11 Å². The van der Waals surface area contributed by atoms with Gasteiger partial charge in [0.2, 0.25) is 5.88 Å². The Morgan fingerprint density at radius 3 is 2.37 bits per heavy atom. The number of aliphatic hydroxyl groups is 1. The molecule has 192 valence electrons. The number of fused-ring (bicyclic) bond motifs is 1. The second-order valence-electron chi connectivity index (χ2n) is 9.91. The van der Waals surface area contributed by atoms with Crippen LogP contribution in [0.15, 0.2) is 110 Å². The van der Waals surface area contributed by atoms with Gasteiger partial charge >= 0.3 is 0 Å². The quantitative estimate of drug-likeness (QED) is 0.257. The summed E-state index contributed by atoms with van der Waals surface area (Å²) < 4.78 is 5.83. The highest BCUT2D eigenvalue weighted by molar-refractivity contribution is 5.86. The summed E-state index contributed by atoms with van der Waals surface area (Å²) in [6.45, 7) is 0.696. The van der Waals surface area contributed by atoms with Gasteiger partial charge in [-0.1, -0.05) is 78.9 Å². The van der Waals surface area contributed by atoms with Crippen LogP contribution < -0.4 is 4.74 Å². The monoisotopic (exact) mass is 503 g/mol. The Morgan fingerprint density at radius 2 is 1.63 bits per heavy atom. The molecule has 3 aromatic carbocycles. The molecule has 0 spiro atoms. The van der Waals surface area contributed by atoms with Gasteiger partial charge in [0.25, 0.3) is 0 Å². The summed E-state index contributed by atoms with van der Waals surface area (Å²) in [5.41, 5.74) is 3.31. The minimum absolute atomic E-state index is 0.450. The summed E-state index contributed by atoms with van der Waals surface area (Å²) in [7, 11) is 5.70. The highest BCUT2D eigenvalue weighted by Crippen LogP contribution is 2.48. The number of nitrogens with zero attached hydrogens (tertiary/aromatic N) is 3. The van der Waals surface area contributed by atoms with E-state index in [-0.39, 0.29) is 0 Å². The molecule has 5 nitrogen and oxygen atoms in total. The van der Waals surface area contributed by atoms with Crippen molar-refractivity contribution >= 4 is 10.8 Å². The molecule has 0 bridgehead atoms. The zero-order valence-corrected chi connectivity index (χ0v) is 22.1. The van der Waals surface area contributed by atoms with Crippen LogP contribution in [-0.2, 0) is 5.60 Å². The average Bonchev–Trinajstić information content (AvgIpc) is 2.97. The molecule has 0 aliphatic heterocycles. The van der Waals surface area contributed by atoms with E-state index in [1.807, 2.05) is 68.8 Å². The number of benzene rings is 3. The lowest BCUT2D eigenvalue weighted by Gasteiger charge is -2.39. The normalized spacial score (nSPS) is 13.8. The Kier molecular flexibility index (Phi) is 7.50. The van der Waals surface area contributed by atoms with Crippen molar-refractivity contribution < 1.29 is 9.84 Å². The fraction of sp³-hybridized carbons (Fsp3) is 0.212. The molecule has 0 saturated heterocycles. The van der Waals surface area contributed by atoms with E-state index >= 15 is 0 Å². The third kappa shape index (κ3) is 5.03. The molecule has 0 saturated carbocycles. The Morgan fingerprint density at radius 1 is 0.868 bits per heavy atom. The van der Waals surface area contributed by atoms with Crippen LogP contribution in [0.5, 0.6) is 5.88 Å². The lowest BCUT2D eigenvalue weighted by Crippen LogP contribution is -2.38. The molecular weight excluding hydrogens is 470 g/mol. The SMILES string of the molecule is COc1ncc(-c2cccnc2)cc1C(c1ccccc1)C(O)(CCN(C)C)c1cccc2ccccc12. The molecule has 0 amide bonds. The predicted octanol–water partition coefficient (Wildman–Crippen LogP) is 6.28. The van der Waals surface area contributed by atoms with Crippen molar-refractivity contribution in [1.82, 2.24) is 14.9 Å². The van der Waals surface area contributed by atoms with E-state index in [1.54, 1.807) is 19.5 Å². The first-order chi connectivity index (χ1) is 18.5. The van der Waals surface area contributed by atoms with E-state index < -0.39 is 11.5 Å². The smallest absolute Gasteiger partial charge is 0.217 e. The summed E-state index contributed by atoms with van der Waals surface area (Å²) in [5.74, 6) is 0.0449. The van der Waals surface area contributed by atoms with Crippen molar-refractivity contribution in [2.45, 2.75) is 17.9 Å². The lowest BCUT2D eigenvalue weighted by atomic mass is 9.70. The van der Waals surface area contributed by atoms with Gasteiger partial charge in [-0.05, 0) is 54.5 Å². The van der Waals surface area contributed by atoms with E-state index in [2.05, 4.69) is 52.3 Å². The number of pyridine rings is 2. The minimum atomic E-state index is -1.27. The molecule has 1 N–H and O–H groups in total. The summed E-state index contributed by atoms with van der Waals surface area (Å²) >= 11 is 0. The molecule has 2 heterocycles. The topological polar surface area (TPSA) is 58.5 Å². The molecule has 38 heavy (non-hydrogen) atoms. The zero-order valence-electron chi connectivity index (χ0n) is 22.1. The van der Waals surface area contributed by atoms with Crippen LogP contribution in [0, 0.1) is 0 Å². The highest BCUT2D eigenvalue weighted by atomic mass is 16.5. The second-order valence-corrected chi connectivity index (χ2v) is 9.91. The molecule has 0 radical (unpaired) electrons. The summed E-state index contributed by atoms with van der Waals surface area (Å²) in [6.07, 6.45) is 5.90. The molecule has 5 heteroatoms. The Bertz CT molecular complexity index is 1500. The van der Waals surface area contributed by atoms with Gasteiger partial charge in [-0.15, -0.1) is 0 Å². The first-order valence-electron chi connectivity index (χ1n) is 12.9. The van der Waals surface area contributed by atoms with Gasteiger partial charge in [0, 0.05) is 47.7 Å². The van der Waals surface area contributed by atoms with E-state index in [0.29, 0.717) is 18.8 Å². The average molecular weight is 504 g/mol. The van der Waals surface area contributed by atoms with E-state index in [4.69, 9.17) is 9.72 Å². The van der Waals surface area contributed by atoms with Crippen molar-refractivity contribution in [2.24, 2.45) is 0 Å². The molecule has 2 atom stereocenters.